The summed E-state index contributed by atoms with van der Waals surface area (Å²) in [5, 5.41) is 31.0. The summed E-state index contributed by atoms with van der Waals surface area (Å²) in [6.45, 7) is 3.85. The van der Waals surface area contributed by atoms with Gasteiger partial charge in [-0.15, -0.1) is 0 Å². The Balaban J connectivity index is 1.09. The molecule has 6 N–H and O–H groups in total. The van der Waals surface area contributed by atoms with Crippen LogP contribution in [0.25, 0.3) is 22.0 Å². The number of nitrogens with zero attached hydrogens (tertiary/aromatic N) is 1. The first kappa shape index (κ1) is 37.9. The number of ether oxygens (including phenoxy) is 2. The quantitative estimate of drug-likeness (QED) is 0.0770. The number of aliphatic hydroxyl groups is 1. The van der Waals surface area contributed by atoms with E-state index in [0.29, 0.717) is 45.7 Å². The number of anilines is 3. The molecule has 0 spiro atoms. The van der Waals surface area contributed by atoms with Crippen LogP contribution in [-0.4, -0.2) is 78.6 Å². The standard InChI is InChI=1S/C42H47N5O7/c1-26-33(15-16-34(41(26)53-4)43-25-37(49)31-13-17-36(48)40-32(31)14-19-39(51)46-40)44-38(50)18-11-27-10-12-30(28-8-6-5-7-9-28)35(24-27)45-42(52)54-29-20-22-47(2,3)23-21-29/h5-10,12-17,19,24,29,37,43,49H,11,18,20-23,25H2,1-4H3,(H3-,44,45,46,48,50,51,52)/p+1/t37-/m0/s1. The molecular weight excluding hydrogens is 686 g/mol. The molecule has 4 aromatic carbocycles. The van der Waals surface area contributed by atoms with E-state index in [0.717, 1.165) is 47.1 Å². The molecule has 0 bridgehead atoms. The maximum Gasteiger partial charge on any atom is 0.411 e. The summed E-state index contributed by atoms with van der Waals surface area (Å²) >= 11 is 0. The fourth-order valence-corrected chi connectivity index (χ4v) is 6.94. The first-order valence-corrected chi connectivity index (χ1v) is 18.1. The van der Waals surface area contributed by atoms with Crippen molar-refractivity contribution in [2.45, 2.75) is 44.8 Å². The molecule has 2 heterocycles. The zero-order chi connectivity index (χ0) is 38.4. The molecule has 1 saturated heterocycles. The number of aryl methyl sites for hydroxylation is 1. The number of phenols is 1. The highest BCUT2D eigenvalue weighted by Crippen LogP contribution is 2.36. The second-order valence-electron chi connectivity index (χ2n) is 14.4. The van der Waals surface area contributed by atoms with Gasteiger partial charge in [-0.25, -0.2) is 4.79 Å². The van der Waals surface area contributed by atoms with E-state index in [-0.39, 0.29) is 41.8 Å². The number of piperidine rings is 1. The summed E-state index contributed by atoms with van der Waals surface area (Å²) in [6, 6.07) is 25.2. The first-order valence-electron chi connectivity index (χ1n) is 18.1. The number of aromatic nitrogens is 1. The molecule has 6 rings (SSSR count). The topological polar surface area (TPSA) is 162 Å². The van der Waals surface area contributed by atoms with Crippen LogP contribution in [0.5, 0.6) is 11.5 Å². The van der Waals surface area contributed by atoms with Crippen LogP contribution in [0, 0.1) is 6.92 Å². The number of aromatic amines is 1. The molecule has 0 unspecified atom stereocenters. The molecule has 282 valence electrons. The molecule has 1 aromatic heterocycles. The maximum absolute atomic E-state index is 13.2. The highest BCUT2D eigenvalue weighted by Gasteiger charge is 2.29. The number of hydrogen-bond acceptors (Lipinski definition) is 8. The number of methoxy groups -OCH3 is 1. The molecular formula is C42H48N5O7+. The predicted octanol–water partition coefficient (Wildman–Crippen LogP) is 6.72. The fraction of sp³-hybridized carbons (Fsp3) is 0.310. The van der Waals surface area contributed by atoms with Gasteiger partial charge in [-0.1, -0.05) is 48.5 Å². The van der Waals surface area contributed by atoms with Gasteiger partial charge >= 0.3 is 6.09 Å². The summed E-state index contributed by atoms with van der Waals surface area (Å²) in [4.78, 5) is 40.7. The van der Waals surface area contributed by atoms with Crippen molar-refractivity contribution in [3.63, 3.8) is 0 Å². The lowest BCUT2D eigenvalue weighted by Crippen LogP contribution is -2.48. The van der Waals surface area contributed by atoms with Crippen molar-refractivity contribution in [3.8, 4) is 22.6 Å². The predicted molar refractivity (Wildman–Crippen MR) is 211 cm³/mol. The number of H-pyrrole nitrogens is 1. The van der Waals surface area contributed by atoms with Crippen molar-refractivity contribution < 1.29 is 33.8 Å². The van der Waals surface area contributed by atoms with Crippen molar-refractivity contribution in [2.24, 2.45) is 0 Å². The van der Waals surface area contributed by atoms with Crippen LogP contribution < -0.4 is 26.2 Å². The number of fused-ring (bicyclic) bond motifs is 1. The van der Waals surface area contributed by atoms with Crippen molar-refractivity contribution in [3.05, 3.63) is 112 Å². The number of carbonyl (C=O) groups is 2. The third-order valence-corrected chi connectivity index (χ3v) is 10.1. The molecule has 12 heteroatoms. The van der Waals surface area contributed by atoms with Crippen LogP contribution in [0.1, 0.15) is 42.1 Å². The van der Waals surface area contributed by atoms with Gasteiger partial charge in [-0.05, 0) is 60.4 Å². The van der Waals surface area contributed by atoms with Crippen molar-refractivity contribution >= 4 is 40.0 Å². The SMILES string of the molecule is COc1c(NC[C@H](O)c2ccc(O)c3[nH]c(=O)ccc23)ccc(NC(=O)CCc2ccc(-c3ccccc3)c(NC(=O)OC3CC[N+](C)(C)CC3)c2)c1C. The number of quaternary nitrogens is 1. The van der Waals surface area contributed by atoms with Crippen LogP contribution in [0.4, 0.5) is 21.9 Å². The lowest BCUT2D eigenvalue weighted by molar-refractivity contribution is -0.896. The summed E-state index contributed by atoms with van der Waals surface area (Å²) in [6.07, 6.45) is 0.689. The number of rotatable bonds is 12. The van der Waals surface area contributed by atoms with Gasteiger partial charge in [0.05, 0.1) is 57.3 Å². The van der Waals surface area contributed by atoms with Gasteiger partial charge < -0.3 is 39.8 Å². The molecule has 5 aromatic rings. The molecule has 1 fully saturated rings. The monoisotopic (exact) mass is 734 g/mol. The van der Waals surface area contributed by atoms with E-state index in [1.807, 2.05) is 55.5 Å². The van der Waals surface area contributed by atoms with E-state index >= 15 is 0 Å². The lowest BCUT2D eigenvalue weighted by atomic mass is 9.99. The molecule has 2 amide bonds. The fourth-order valence-electron chi connectivity index (χ4n) is 6.94. The minimum Gasteiger partial charge on any atom is -0.506 e. The number of amides is 2. The number of benzene rings is 4. The molecule has 0 aliphatic carbocycles. The Kier molecular flexibility index (Phi) is 11.5. The maximum atomic E-state index is 13.2. The molecule has 0 radical (unpaired) electrons. The Morgan fingerprint density at radius 1 is 0.926 bits per heavy atom. The second kappa shape index (κ2) is 16.4. The van der Waals surface area contributed by atoms with Crippen molar-refractivity contribution in [1.29, 1.82) is 0 Å². The lowest BCUT2D eigenvalue weighted by Gasteiger charge is -2.36. The van der Waals surface area contributed by atoms with E-state index in [1.54, 1.807) is 24.3 Å². The number of carbonyl (C=O) groups excluding carboxylic acids is 2. The Labute approximate surface area is 314 Å². The summed E-state index contributed by atoms with van der Waals surface area (Å²) < 4.78 is 12.4. The van der Waals surface area contributed by atoms with E-state index in [4.69, 9.17) is 9.47 Å². The molecule has 54 heavy (non-hydrogen) atoms. The number of pyridine rings is 1. The van der Waals surface area contributed by atoms with Gasteiger partial charge in [0, 0.05) is 54.1 Å². The average Bonchev–Trinajstić information content (AvgIpc) is 3.15. The zero-order valence-corrected chi connectivity index (χ0v) is 31.1. The summed E-state index contributed by atoms with van der Waals surface area (Å²) in [5.41, 5.74) is 5.67. The number of phenolic OH excluding ortho intramolecular Hbond substituents is 1. The number of nitrogens with one attached hydrogen (secondary N) is 4. The molecule has 0 saturated carbocycles. The number of aliphatic hydroxyl groups excluding tert-OH is 1. The first-order chi connectivity index (χ1) is 25.9. The van der Waals surface area contributed by atoms with Gasteiger partial charge in [0.15, 0.2) is 0 Å². The van der Waals surface area contributed by atoms with E-state index in [2.05, 4.69) is 35.0 Å². The van der Waals surface area contributed by atoms with E-state index < -0.39 is 12.2 Å². The molecule has 12 nitrogen and oxygen atoms in total. The highest BCUT2D eigenvalue weighted by atomic mass is 16.6. The second-order valence-corrected chi connectivity index (χ2v) is 14.4. The minimum atomic E-state index is -0.976. The third-order valence-electron chi connectivity index (χ3n) is 10.1. The molecule has 1 aliphatic heterocycles. The van der Waals surface area contributed by atoms with Gasteiger partial charge in [0.2, 0.25) is 11.5 Å². The number of likely N-dealkylation sites (tertiary alicyclic amines) is 1. The van der Waals surface area contributed by atoms with Crippen molar-refractivity contribution in [1.82, 2.24) is 4.98 Å². The van der Waals surface area contributed by atoms with Crippen LogP contribution in [0.2, 0.25) is 0 Å². The van der Waals surface area contributed by atoms with E-state index in [9.17, 15) is 24.6 Å². The van der Waals surface area contributed by atoms with E-state index in [1.165, 1.54) is 19.2 Å². The molecule has 1 aliphatic rings. The zero-order valence-electron chi connectivity index (χ0n) is 31.1. The van der Waals surface area contributed by atoms with Gasteiger partial charge in [-0.2, -0.15) is 0 Å². The Hall–Kier alpha value is -5.85. The van der Waals surface area contributed by atoms with Crippen LogP contribution in [0.15, 0.2) is 89.7 Å². The Morgan fingerprint density at radius 3 is 2.41 bits per heavy atom. The van der Waals surface area contributed by atoms with Gasteiger partial charge in [-0.3, -0.25) is 14.9 Å². The van der Waals surface area contributed by atoms with Gasteiger partial charge in [0.1, 0.15) is 17.6 Å². The largest absolute Gasteiger partial charge is 0.506 e. The van der Waals surface area contributed by atoms with Crippen LogP contribution in [-0.2, 0) is 16.0 Å². The molecule has 1 atom stereocenters. The summed E-state index contributed by atoms with van der Waals surface area (Å²) in [7, 11) is 5.91. The van der Waals surface area contributed by atoms with Gasteiger partial charge in [0.25, 0.3) is 0 Å². The number of aromatic hydroxyl groups is 1. The van der Waals surface area contributed by atoms with Crippen LogP contribution in [0.3, 0.4) is 0 Å². The normalized spacial score (nSPS) is 14.6. The smallest absolute Gasteiger partial charge is 0.411 e. The average molecular weight is 735 g/mol. The Bertz CT molecular complexity index is 2190. The van der Waals surface area contributed by atoms with Crippen LogP contribution >= 0.6 is 0 Å². The number of hydrogen-bond donors (Lipinski definition) is 6. The minimum absolute atomic E-state index is 0.0835. The Morgan fingerprint density at radius 2 is 1.67 bits per heavy atom. The third kappa shape index (κ3) is 9.02. The highest BCUT2D eigenvalue weighted by molar-refractivity contribution is 5.94. The summed E-state index contributed by atoms with van der Waals surface area (Å²) in [5.74, 6) is 0.239. The van der Waals surface area contributed by atoms with Crippen molar-refractivity contribution in [2.75, 3.05) is 56.8 Å².